The Balaban J connectivity index is 1.76. The van der Waals surface area contributed by atoms with E-state index in [1.165, 1.54) is 24.0 Å². The van der Waals surface area contributed by atoms with Gasteiger partial charge in [0.1, 0.15) is 5.75 Å². The smallest absolute Gasteiger partial charge is 0.265 e. The van der Waals surface area contributed by atoms with E-state index in [2.05, 4.69) is 37.4 Å². The van der Waals surface area contributed by atoms with Crippen molar-refractivity contribution in [2.45, 2.75) is 71.8 Å². The van der Waals surface area contributed by atoms with Crippen LogP contribution >= 0.6 is 0 Å². The minimum Gasteiger partial charge on any atom is -0.481 e. The molecule has 3 heteroatoms. The Morgan fingerprint density at radius 3 is 2.56 bits per heavy atom. The van der Waals surface area contributed by atoms with Gasteiger partial charge in [-0.2, -0.15) is 0 Å². The lowest BCUT2D eigenvalue weighted by Gasteiger charge is -2.22. The maximum Gasteiger partial charge on any atom is 0.265 e. The molecule has 1 N–H and O–H groups in total. The van der Waals surface area contributed by atoms with Crippen LogP contribution in [0.3, 0.4) is 0 Å². The molecule has 0 spiro atoms. The number of benzene rings is 2. The molecule has 27 heavy (non-hydrogen) atoms. The number of fused-ring (bicyclic) bond motifs is 1. The molecule has 1 amide bonds. The highest BCUT2D eigenvalue weighted by Crippen LogP contribution is 2.29. The molecule has 1 aliphatic carbocycles. The van der Waals surface area contributed by atoms with E-state index in [0.717, 1.165) is 35.4 Å². The van der Waals surface area contributed by atoms with Crippen LogP contribution in [0.15, 0.2) is 36.4 Å². The third kappa shape index (κ3) is 4.52. The van der Waals surface area contributed by atoms with Crippen molar-refractivity contribution in [3.05, 3.63) is 58.7 Å². The van der Waals surface area contributed by atoms with Crippen molar-refractivity contribution in [2.75, 3.05) is 5.32 Å². The van der Waals surface area contributed by atoms with Crippen molar-refractivity contribution in [1.29, 1.82) is 0 Å². The fourth-order valence-electron chi connectivity index (χ4n) is 3.82. The molecule has 1 unspecified atom stereocenters. The molecule has 0 aliphatic heterocycles. The molecule has 3 nitrogen and oxygen atoms in total. The lowest BCUT2D eigenvalue weighted by atomic mass is 9.92. The Bertz CT molecular complexity index is 810. The number of carbonyl (C=O) groups excluding carboxylic acids is 1. The standard InChI is InChI=1S/C24H31NO2/c1-5-22(27-20-14-13-18-10-6-7-11-19(18)15-20)24(26)25-23-17(4)9-8-12-21(23)16(2)3/h8-9,12-16,22H,5-7,10-11H2,1-4H3,(H,25,26). The average molecular weight is 366 g/mol. The Kier molecular flexibility index (Phi) is 6.20. The van der Waals surface area contributed by atoms with Crippen molar-refractivity contribution in [3.63, 3.8) is 0 Å². The number of hydrogen-bond acceptors (Lipinski definition) is 2. The summed E-state index contributed by atoms with van der Waals surface area (Å²) in [5.74, 6) is 1.07. The highest BCUT2D eigenvalue weighted by atomic mass is 16.5. The van der Waals surface area contributed by atoms with Gasteiger partial charge in [-0.15, -0.1) is 0 Å². The fraction of sp³-hybridized carbons (Fsp3) is 0.458. The number of para-hydroxylation sites is 1. The Morgan fingerprint density at radius 2 is 1.85 bits per heavy atom. The largest absolute Gasteiger partial charge is 0.481 e. The number of hydrogen-bond donors (Lipinski definition) is 1. The third-order valence-corrected chi connectivity index (χ3v) is 5.44. The number of rotatable bonds is 6. The van der Waals surface area contributed by atoms with Crippen LogP contribution in [-0.2, 0) is 17.6 Å². The molecule has 1 atom stereocenters. The molecule has 0 fully saturated rings. The second kappa shape index (κ2) is 8.60. The molecule has 0 heterocycles. The predicted molar refractivity (Wildman–Crippen MR) is 112 cm³/mol. The van der Waals surface area contributed by atoms with Gasteiger partial charge in [-0.05, 0) is 79.3 Å². The lowest BCUT2D eigenvalue weighted by Crippen LogP contribution is -2.33. The SMILES string of the molecule is CCC(Oc1ccc2c(c1)CCCC2)C(=O)Nc1c(C)cccc1C(C)C. The molecule has 0 radical (unpaired) electrons. The number of aryl methyl sites for hydroxylation is 3. The fourth-order valence-corrected chi connectivity index (χ4v) is 3.82. The van der Waals surface area contributed by atoms with Gasteiger partial charge in [-0.1, -0.05) is 45.0 Å². The molecule has 0 aromatic heterocycles. The zero-order valence-corrected chi connectivity index (χ0v) is 17.0. The first-order chi connectivity index (χ1) is 13.0. The van der Waals surface area contributed by atoms with Crippen LogP contribution in [0.4, 0.5) is 5.69 Å². The van der Waals surface area contributed by atoms with Crippen LogP contribution in [0.2, 0.25) is 0 Å². The van der Waals surface area contributed by atoms with Gasteiger partial charge in [-0.25, -0.2) is 0 Å². The van der Waals surface area contributed by atoms with Gasteiger partial charge in [-0.3, -0.25) is 4.79 Å². The van der Waals surface area contributed by atoms with E-state index < -0.39 is 6.10 Å². The van der Waals surface area contributed by atoms with E-state index in [1.807, 2.05) is 32.0 Å². The number of ether oxygens (including phenoxy) is 1. The summed E-state index contributed by atoms with van der Waals surface area (Å²) in [4.78, 5) is 12.9. The van der Waals surface area contributed by atoms with Gasteiger partial charge >= 0.3 is 0 Å². The molecule has 2 aromatic rings. The van der Waals surface area contributed by atoms with Crippen LogP contribution < -0.4 is 10.1 Å². The Morgan fingerprint density at radius 1 is 1.11 bits per heavy atom. The Hall–Kier alpha value is -2.29. The van der Waals surface area contributed by atoms with Crippen molar-refractivity contribution < 1.29 is 9.53 Å². The first-order valence-electron chi connectivity index (χ1n) is 10.2. The Labute approximate surface area is 163 Å². The minimum absolute atomic E-state index is 0.0774. The monoisotopic (exact) mass is 365 g/mol. The molecule has 0 bridgehead atoms. The number of carbonyl (C=O) groups is 1. The number of nitrogens with one attached hydrogen (secondary N) is 1. The molecule has 2 aromatic carbocycles. The van der Waals surface area contributed by atoms with Gasteiger partial charge < -0.3 is 10.1 Å². The van der Waals surface area contributed by atoms with Gasteiger partial charge in [0.2, 0.25) is 0 Å². The second-order valence-electron chi connectivity index (χ2n) is 7.84. The van der Waals surface area contributed by atoms with E-state index in [9.17, 15) is 4.79 Å². The van der Waals surface area contributed by atoms with E-state index in [4.69, 9.17) is 4.74 Å². The number of amides is 1. The average Bonchev–Trinajstić information content (AvgIpc) is 2.67. The van der Waals surface area contributed by atoms with Crippen LogP contribution in [0.5, 0.6) is 5.75 Å². The van der Waals surface area contributed by atoms with Crippen LogP contribution in [-0.4, -0.2) is 12.0 Å². The summed E-state index contributed by atoms with van der Waals surface area (Å²) >= 11 is 0. The topological polar surface area (TPSA) is 38.3 Å². The summed E-state index contributed by atoms with van der Waals surface area (Å²) in [7, 11) is 0. The van der Waals surface area contributed by atoms with Crippen molar-refractivity contribution in [2.24, 2.45) is 0 Å². The second-order valence-corrected chi connectivity index (χ2v) is 7.84. The normalized spacial score (nSPS) is 14.6. The van der Waals surface area contributed by atoms with Crippen LogP contribution in [0.1, 0.15) is 68.2 Å². The van der Waals surface area contributed by atoms with E-state index in [0.29, 0.717) is 12.3 Å². The quantitative estimate of drug-likeness (QED) is 0.703. The summed E-state index contributed by atoms with van der Waals surface area (Å²) in [6.07, 6.45) is 4.90. The zero-order valence-electron chi connectivity index (χ0n) is 17.0. The van der Waals surface area contributed by atoms with Gasteiger partial charge in [0.25, 0.3) is 5.91 Å². The van der Waals surface area contributed by atoms with E-state index in [-0.39, 0.29) is 5.91 Å². The summed E-state index contributed by atoms with van der Waals surface area (Å²) < 4.78 is 6.09. The highest BCUT2D eigenvalue weighted by molar-refractivity contribution is 5.95. The molecule has 144 valence electrons. The third-order valence-electron chi connectivity index (χ3n) is 5.44. The van der Waals surface area contributed by atoms with E-state index >= 15 is 0 Å². The summed E-state index contributed by atoms with van der Waals surface area (Å²) in [5.41, 5.74) is 5.96. The predicted octanol–water partition coefficient (Wildman–Crippen LogP) is 5.79. The van der Waals surface area contributed by atoms with Crippen molar-refractivity contribution in [3.8, 4) is 5.75 Å². The van der Waals surface area contributed by atoms with Crippen molar-refractivity contribution in [1.82, 2.24) is 0 Å². The lowest BCUT2D eigenvalue weighted by molar-refractivity contribution is -0.122. The summed E-state index contributed by atoms with van der Waals surface area (Å²) in [5, 5.41) is 3.13. The molecule has 3 rings (SSSR count). The first kappa shape index (κ1) is 19.5. The van der Waals surface area contributed by atoms with Crippen molar-refractivity contribution >= 4 is 11.6 Å². The maximum absolute atomic E-state index is 12.9. The van der Waals surface area contributed by atoms with Gasteiger partial charge in [0, 0.05) is 5.69 Å². The molecular formula is C24H31NO2. The molecule has 0 saturated carbocycles. The zero-order chi connectivity index (χ0) is 19.4. The maximum atomic E-state index is 12.9. The van der Waals surface area contributed by atoms with Gasteiger partial charge in [0.15, 0.2) is 6.10 Å². The molecular weight excluding hydrogens is 334 g/mol. The van der Waals surface area contributed by atoms with Crippen LogP contribution in [0, 0.1) is 6.92 Å². The minimum atomic E-state index is -0.494. The summed E-state index contributed by atoms with van der Waals surface area (Å²) in [6.45, 7) is 8.31. The number of anilines is 1. The molecule has 1 aliphatic rings. The highest BCUT2D eigenvalue weighted by Gasteiger charge is 2.21. The molecule has 0 saturated heterocycles. The summed E-state index contributed by atoms with van der Waals surface area (Å²) in [6, 6.07) is 12.4. The van der Waals surface area contributed by atoms with Gasteiger partial charge in [0.05, 0.1) is 0 Å². The van der Waals surface area contributed by atoms with Crippen LogP contribution in [0.25, 0.3) is 0 Å². The first-order valence-corrected chi connectivity index (χ1v) is 10.2. The van der Waals surface area contributed by atoms with E-state index in [1.54, 1.807) is 0 Å².